The zero-order valence-electron chi connectivity index (χ0n) is 10.1. The van der Waals surface area contributed by atoms with Crippen molar-refractivity contribution < 1.29 is 18.0 Å². The van der Waals surface area contributed by atoms with Gasteiger partial charge in [-0.2, -0.15) is 13.2 Å². The first kappa shape index (κ1) is 14.3. The van der Waals surface area contributed by atoms with Crippen molar-refractivity contribution in [3.05, 3.63) is 28.2 Å². The number of likely N-dealkylation sites (N-methyl/N-ethyl adjacent to an activating group) is 1. The third-order valence-electron chi connectivity index (χ3n) is 3.12. The maximum absolute atomic E-state index is 12.8. The van der Waals surface area contributed by atoms with E-state index in [1.165, 1.54) is 17.0 Å². The molecule has 1 atom stereocenters. The van der Waals surface area contributed by atoms with Crippen LogP contribution in [-0.4, -0.2) is 25.5 Å². The van der Waals surface area contributed by atoms with Crippen LogP contribution in [0.1, 0.15) is 12.0 Å². The molecule has 104 valence electrons. The number of carbonyl (C=O) groups is 1. The van der Waals surface area contributed by atoms with E-state index < -0.39 is 11.7 Å². The molecule has 1 N–H and O–H groups in total. The van der Waals surface area contributed by atoms with E-state index in [9.17, 15) is 18.0 Å². The molecule has 0 bridgehead atoms. The van der Waals surface area contributed by atoms with E-state index >= 15 is 0 Å². The number of nitrogens with zero attached hydrogens (tertiary/aromatic N) is 1. The Bertz CT molecular complexity index is 504. The molecule has 1 fully saturated rings. The summed E-state index contributed by atoms with van der Waals surface area (Å²) < 4.78 is 38.4. The lowest BCUT2D eigenvalue weighted by molar-refractivity contribution is -0.138. The second kappa shape index (κ2) is 5.13. The van der Waals surface area contributed by atoms with E-state index in [0.717, 1.165) is 6.07 Å². The van der Waals surface area contributed by atoms with Gasteiger partial charge in [-0.05, 0) is 31.7 Å². The normalized spacial score (nSPS) is 20.2. The fourth-order valence-electron chi connectivity index (χ4n) is 2.10. The highest BCUT2D eigenvalue weighted by Crippen LogP contribution is 2.37. The molecule has 0 aliphatic carbocycles. The first-order chi connectivity index (χ1) is 8.84. The van der Waals surface area contributed by atoms with Gasteiger partial charge >= 0.3 is 6.18 Å². The summed E-state index contributed by atoms with van der Waals surface area (Å²) in [6, 6.07) is 3.51. The van der Waals surface area contributed by atoms with Crippen LogP contribution in [0.25, 0.3) is 0 Å². The standard InChI is InChI=1S/C12H12BrF3N2O/c1-17-10-4-5-18(11(10)19)7-2-3-9(13)8(6-7)12(14,15)16/h2-3,6,10,17H,4-5H2,1H3. The fourth-order valence-corrected chi connectivity index (χ4v) is 2.57. The second-order valence-corrected chi connectivity index (χ2v) is 5.14. The van der Waals surface area contributed by atoms with Crippen molar-refractivity contribution in [2.75, 3.05) is 18.5 Å². The number of anilines is 1. The van der Waals surface area contributed by atoms with Crippen LogP contribution in [0.15, 0.2) is 22.7 Å². The lowest BCUT2D eigenvalue weighted by atomic mass is 10.2. The zero-order valence-corrected chi connectivity index (χ0v) is 11.7. The first-order valence-electron chi connectivity index (χ1n) is 5.70. The number of hydrogen-bond donors (Lipinski definition) is 1. The van der Waals surface area contributed by atoms with Crippen LogP contribution in [0.3, 0.4) is 0 Å². The predicted octanol–water partition coefficient (Wildman–Crippen LogP) is 2.79. The number of benzene rings is 1. The molecule has 1 aromatic carbocycles. The topological polar surface area (TPSA) is 32.3 Å². The van der Waals surface area contributed by atoms with Gasteiger partial charge in [-0.1, -0.05) is 15.9 Å². The summed E-state index contributed by atoms with van der Waals surface area (Å²) in [6.07, 6.45) is -3.85. The molecule has 1 aromatic rings. The van der Waals surface area contributed by atoms with E-state index in [4.69, 9.17) is 0 Å². The summed E-state index contributed by atoms with van der Waals surface area (Å²) in [6.45, 7) is 0.420. The van der Waals surface area contributed by atoms with E-state index in [1.807, 2.05) is 0 Å². The summed E-state index contributed by atoms with van der Waals surface area (Å²) in [5.41, 5.74) is -0.496. The van der Waals surface area contributed by atoms with E-state index in [1.54, 1.807) is 7.05 Å². The van der Waals surface area contributed by atoms with Gasteiger partial charge in [0.25, 0.3) is 0 Å². The highest BCUT2D eigenvalue weighted by Gasteiger charge is 2.36. The average molecular weight is 337 g/mol. The van der Waals surface area contributed by atoms with Crippen LogP contribution in [-0.2, 0) is 11.0 Å². The van der Waals surface area contributed by atoms with Gasteiger partial charge in [-0.3, -0.25) is 4.79 Å². The van der Waals surface area contributed by atoms with Crippen LogP contribution < -0.4 is 10.2 Å². The van der Waals surface area contributed by atoms with Gasteiger partial charge in [0, 0.05) is 16.7 Å². The summed E-state index contributed by atoms with van der Waals surface area (Å²) in [7, 11) is 1.66. The highest BCUT2D eigenvalue weighted by atomic mass is 79.9. The molecule has 19 heavy (non-hydrogen) atoms. The van der Waals surface area contributed by atoms with Crippen molar-refractivity contribution in [2.24, 2.45) is 0 Å². The molecule has 7 heteroatoms. The maximum atomic E-state index is 12.8. The molecule has 3 nitrogen and oxygen atoms in total. The molecule has 1 heterocycles. The number of nitrogens with one attached hydrogen (secondary N) is 1. The maximum Gasteiger partial charge on any atom is 0.417 e. The fraction of sp³-hybridized carbons (Fsp3) is 0.417. The molecule has 0 saturated carbocycles. The Morgan fingerprint density at radius 3 is 2.63 bits per heavy atom. The summed E-state index contributed by atoms with van der Waals surface area (Å²) in [4.78, 5) is 13.3. The van der Waals surface area contributed by atoms with Gasteiger partial charge in [0.2, 0.25) is 5.91 Å². The Labute approximate surface area is 116 Å². The van der Waals surface area contributed by atoms with Crippen molar-refractivity contribution in [1.82, 2.24) is 5.32 Å². The van der Waals surface area contributed by atoms with Gasteiger partial charge in [0.05, 0.1) is 11.6 Å². The molecule has 1 aliphatic heterocycles. The molecular weight excluding hydrogens is 325 g/mol. The monoisotopic (exact) mass is 336 g/mol. The number of amides is 1. The lowest BCUT2D eigenvalue weighted by Gasteiger charge is -2.19. The van der Waals surface area contributed by atoms with Crippen molar-refractivity contribution in [3.8, 4) is 0 Å². The summed E-state index contributed by atoms with van der Waals surface area (Å²) in [5.74, 6) is -0.196. The van der Waals surface area contributed by atoms with Crippen molar-refractivity contribution in [1.29, 1.82) is 0 Å². The summed E-state index contributed by atoms with van der Waals surface area (Å²) >= 11 is 2.88. The minimum Gasteiger partial charge on any atom is -0.311 e. The third-order valence-corrected chi connectivity index (χ3v) is 3.81. The van der Waals surface area contributed by atoms with E-state index in [0.29, 0.717) is 13.0 Å². The minimum atomic E-state index is -4.44. The van der Waals surface area contributed by atoms with Crippen LogP contribution in [0.5, 0.6) is 0 Å². The smallest absolute Gasteiger partial charge is 0.311 e. The molecule has 0 aromatic heterocycles. The Kier molecular flexibility index (Phi) is 3.87. The Balaban J connectivity index is 2.35. The Morgan fingerprint density at radius 1 is 1.42 bits per heavy atom. The molecule has 2 rings (SSSR count). The number of hydrogen-bond acceptors (Lipinski definition) is 2. The molecule has 1 unspecified atom stereocenters. The number of halogens is 4. The zero-order chi connectivity index (χ0) is 14.2. The predicted molar refractivity (Wildman–Crippen MR) is 69.0 cm³/mol. The molecule has 1 aliphatic rings. The lowest BCUT2D eigenvalue weighted by Crippen LogP contribution is -2.36. The van der Waals surface area contributed by atoms with Crippen LogP contribution in [0, 0.1) is 0 Å². The van der Waals surface area contributed by atoms with Crippen LogP contribution >= 0.6 is 15.9 Å². The summed E-state index contributed by atoms with van der Waals surface area (Å²) in [5, 5.41) is 2.85. The molecule has 1 saturated heterocycles. The third kappa shape index (κ3) is 2.76. The van der Waals surface area contributed by atoms with E-state index in [-0.39, 0.29) is 22.1 Å². The van der Waals surface area contributed by atoms with Crippen molar-refractivity contribution in [2.45, 2.75) is 18.6 Å². The number of rotatable bonds is 2. The van der Waals surface area contributed by atoms with Gasteiger partial charge in [-0.25, -0.2) is 0 Å². The largest absolute Gasteiger partial charge is 0.417 e. The minimum absolute atomic E-state index is 0.0273. The number of alkyl halides is 3. The number of carbonyl (C=O) groups excluding carboxylic acids is 1. The van der Waals surface area contributed by atoms with Crippen molar-refractivity contribution >= 4 is 27.5 Å². The SMILES string of the molecule is CNC1CCN(c2ccc(Br)c(C(F)(F)F)c2)C1=O. The molecule has 0 radical (unpaired) electrons. The molecule has 0 spiro atoms. The Hall–Kier alpha value is -1.08. The molecule has 1 amide bonds. The van der Waals surface area contributed by atoms with Gasteiger partial charge in [-0.15, -0.1) is 0 Å². The Morgan fingerprint density at radius 2 is 2.11 bits per heavy atom. The van der Waals surface area contributed by atoms with Gasteiger partial charge < -0.3 is 10.2 Å². The van der Waals surface area contributed by atoms with Crippen molar-refractivity contribution in [3.63, 3.8) is 0 Å². The second-order valence-electron chi connectivity index (χ2n) is 4.28. The highest BCUT2D eigenvalue weighted by molar-refractivity contribution is 9.10. The van der Waals surface area contributed by atoms with Crippen LogP contribution in [0.2, 0.25) is 0 Å². The van der Waals surface area contributed by atoms with Gasteiger partial charge in [0.1, 0.15) is 0 Å². The van der Waals surface area contributed by atoms with E-state index in [2.05, 4.69) is 21.2 Å². The average Bonchev–Trinajstić information content (AvgIpc) is 2.70. The van der Waals surface area contributed by atoms with Gasteiger partial charge in [0.15, 0.2) is 0 Å². The first-order valence-corrected chi connectivity index (χ1v) is 6.49. The molecular formula is C12H12BrF3N2O. The van der Waals surface area contributed by atoms with Crippen LogP contribution in [0.4, 0.5) is 18.9 Å². The quantitative estimate of drug-likeness (QED) is 0.900.